The van der Waals surface area contributed by atoms with Crippen LogP contribution in [0.4, 0.5) is 5.82 Å². The highest BCUT2D eigenvalue weighted by Crippen LogP contribution is 2.59. The third-order valence-corrected chi connectivity index (χ3v) is 9.24. The highest BCUT2D eigenvalue weighted by atomic mass is 16.5. The number of hydrogen-bond acceptors (Lipinski definition) is 5. The number of primary amides is 1. The smallest absolute Gasteiger partial charge is 0.272 e. The summed E-state index contributed by atoms with van der Waals surface area (Å²) in [5, 5.41) is 7.95. The maximum absolute atomic E-state index is 13.4. The number of nitrogens with zero attached hydrogens (tertiary/aromatic N) is 3. The zero-order valence-corrected chi connectivity index (χ0v) is 21.3. The Labute approximate surface area is 212 Å². The number of aryl methyl sites for hydroxylation is 1. The molecular weight excluding hydrogens is 454 g/mol. The topological polar surface area (TPSA) is 102 Å². The zero-order valence-electron chi connectivity index (χ0n) is 21.3. The fourth-order valence-corrected chi connectivity index (χ4v) is 7.57. The minimum Gasteiger partial charge on any atom is -0.497 e. The molecule has 8 heteroatoms. The van der Waals surface area contributed by atoms with E-state index in [1.54, 1.807) is 7.11 Å². The number of nitrogens with one attached hydrogen (secondary N) is 1. The summed E-state index contributed by atoms with van der Waals surface area (Å²) in [4.78, 5) is 28.0. The molecule has 1 aromatic heterocycles. The van der Waals surface area contributed by atoms with E-state index >= 15 is 0 Å². The van der Waals surface area contributed by atoms with E-state index in [4.69, 9.17) is 10.5 Å². The van der Waals surface area contributed by atoms with Gasteiger partial charge in [0, 0.05) is 37.2 Å². The summed E-state index contributed by atoms with van der Waals surface area (Å²) < 4.78 is 7.22. The molecule has 5 fully saturated rings. The van der Waals surface area contributed by atoms with E-state index < -0.39 is 0 Å². The maximum atomic E-state index is 13.4. The summed E-state index contributed by atoms with van der Waals surface area (Å²) in [5.41, 5.74) is 7.19. The van der Waals surface area contributed by atoms with Gasteiger partial charge in [0.15, 0.2) is 5.69 Å². The van der Waals surface area contributed by atoms with Crippen LogP contribution in [0.3, 0.4) is 0 Å². The molecule has 4 bridgehead atoms. The second-order valence-corrected chi connectivity index (χ2v) is 11.7. The largest absolute Gasteiger partial charge is 0.497 e. The van der Waals surface area contributed by atoms with E-state index in [2.05, 4.69) is 27.4 Å². The molecular formula is C28H37N5O3. The number of aromatic nitrogens is 2. The Balaban J connectivity index is 1.15. The van der Waals surface area contributed by atoms with Crippen LogP contribution in [0.1, 0.15) is 61.0 Å². The third kappa shape index (κ3) is 4.14. The van der Waals surface area contributed by atoms with Crippen molar-refractivity contribution in [3.63, 3.8) is 0 Å². The second-order valence-electron chi connectivity index (χ2n) is 11.7. The van der Waals surface area contributed by atoms with Crippen LogP contribution < -0.4 is 20.7 Å². The molecule has 8 nitrogen and oxygen atoms in total. The molecule has 2 aromatic rings. The molecule has 0 spiro atoms. The molecule has 7 rings (SSSR count). The lowest BCUT2D eigenvalue weighted by molar-refractivity contribution is -0.145. The van der Waals surface area contributed by atoms with Crippen molar-refractivity contribution in [1.29, 1.82) is 0 Å². The summed E-state index contributed by atoms with van der Waals surface area (Å²) in [6.45, 7) is 0.863. The Hall–Kier alpha value is -3.03. The van der Waals surface area contributed by atoms with Gasteiger partial charge in [-0.3, -0.25) is 14.3 Å². The molecule has 0 aliphatic heterocycles. The molecule has 36 heavy (non-hydrogen) atoms. The van der Waals surface area contributed by atoms with Crippen LogP contribution in [0.2, 0.25) is 0 Å². The fraction of sp³-hybridized carbons (Fsp3) is 0.607. The Morgan fingerprint density at radius 1 is 1.19 bits per heavy atom. The molecule has 5 saturated carbocycles. The number of hydrogen-bond donors (Lipinski definition) is 2. The van der Waals surface area contributed by atoms with Gasteiger partial charge in [-0.15, -0.1) is 0 Å². The number of amides is 2. The number of anilines is 1. The van der Waals surface area contributed by atoms with Crippen molar-refractivity contribution in [2.45, 2.75) is 63.5 Å². The summed E-state index contributed by atoms with van der Waals surface area (Å²) in [5.74, 6) is 2.85. The average Bonchev–Trinajstić information content (AvgIpc) is 3.62. The van der Waals surface area contributed by atoms with Crippen LogP contribution in [-0.2, 0) is 18.3 Å². The van der Waals surface area contributed by atoms with Crippen LogP contribution in [0.5, 0.6) is 5.75 Å². The van der Waals surface area contributed by atoms with Gasteiger partial charge in [-0.25, -0.2) is 0 Å². The first-order valence-electron chi connectivity index (χ1n) is 13.4. The van der Waals surface area contributed by atoms with E-state index in [9.17, 15) is 9.59 Å². The van der Waals surface area contributed by atoms with Crippen molar-refractivity contribution in [1.82, 2.24) is 15.1 Å². The molecule has 5 aliphatic carbocycles. The van der Waals surface area contributed by atoms with Crippen LogP contribution in [-0.4, -0.2) is 47.3 Å². The van der Waals surface area contributed by atoms with Crippen molar-refractivity contribution >= 4 is 17.6 Å². The van der Waals surface area contributed by atoms with Crippen molar-refractivity contribution in [3.8, 4) is 5.75 Å². The minimum atomic E-state index is -0.344. The molecule has 3 N–H and O–H groups in total. The first-order valence-corrected chi connectivity index (χ1v) is 13.4. The molecule has 0 radical (unpaired) electrons. The van der Waals surface area contributed by atoms with E-state index in [-0.39, 0.29) is 23.3 Å². The number of nitrogens with two attached hydrogens (primary N) is 1. The SMILES string of the molecule is COc1cccc(CCN(c2cc(C(=O)NC3C4CC5CC3CC(C(N)=O)(C5)C4)nn2C)C2CC2)c1. The third-order valence-electron chi connectivity index (χ3n) is 9.24. The zero-order chi connectivity index (χ0) is 25.0. The summed E-state index contributed by atoms with van der Waals surface area (Å²) in [7, 11) is 3.61. The van der Waals surface area contributed by atoms with Crippen LogP contribution in [0, 0.1) is 23.2 Å². The molecule has 0 saturated heterocycles. The maximum Gasteiger partial charge on any atom is 0.272 e. The van der Waals surface area contributed by atoms with Crippen molar-refractivity contribution in [2.24, 2.45) is 36.0 Å². The lowest BCUT2D eigenvalue weighted by Crippen LogP contribution is -2.62. The standard InChI is InChI=1S/C28H37N5O3/c1-32-24(33(21-6-7-21)9-8-17-4-3-5-22(12-17)36-2)13-23(31-32)26(34)30-25-19-10-18-11-20(25)16-28(14-18,15-19)27(29)35/h3-5,12-13,18-21,25H,6-11,14-16H2,1-2H3,(H2,29,35)(H,30,34). The number of methoxy groups -OCH3 is 1. The van der Waals surface area contributed by atoms with Crippen LogP contribution in [0.15, 0.2) is 30.3 Å². The Kier molecular flexibility index (Phi) is 5.73. The Morgan fingerprint density at radius 2 is 1.94 bits per heavy atom. The number of rotatable bonds is 9. The second kappa shape index (κ2) is 8.82. The lowest BCUT2D eigenvalue weighted by Gasteiger charge is -2.58. The predicted octanol–water partition coefficient (Wildman–Crippen LogP) is 3.05. The van der Waals surface area contributed by atoms with E-state index in [1.165, 1.54) is 18.4 Å². The van der Waals surface area contributed by atoms with E-state index in [1.807, 2.05) is 29.9 Å². The lowest BCUT2D eigenvalue weighted by atomic mass is 9.47. The van der Waals surface area contributed by atoms with Gasteiger partial charge >= 0.3 is 0 Å². The van der Waals surface area contributed by atoms with E-state index in [0.29, 0.717) is 29.5 Å². The number of carbonyl (C=O) groups excluding carboxylic acids is 2. The van der Waals surface area contributed by atoms with Crippen molar-refractivity contribution in [3.05, 3.63) is 41.6 Å². The molecule has 192 valence electrons. The van der Waals surface area contributed by atoms with Gasteiger partial charge in [-0.2, -0.15) is 5.10 Å². The fourth-order valence-electron chi connectivity index (χ4n) is 7.57. The molecule has 2 atom stereocenters. The molecule has 1 heterocycles. The van der Waals surface area contributed by atoms with Crippen LogP contribution >= 0.6 is 0 Å². The highest BCUT2D eigenvalue weighted by Gasteiger charge is 2.58. The first-order chi connectivity index (χ1) is 17.3. The quantitative estimate of drug-likeness (QED) is 0.561. The summed E-state index contributed by atoms with van der Waals surface area (Å²) >= 11 is 0. The van der Waals surface area contributed by atoms with Crippen LogP contribution in [0.25, 0.3) is 0 Å². The number of benzene rings is 1. The Bertz CT molecular complexity index is 1160. The monoisotopic (exact) mass is 491 g/mol. The average molecular weight is 492 g/mol. The van der Waals surface area contributed by atoms with Gasteiger partial charge < -0.3 is 20.7 Å². The van der Waals surface area contributed by atoms with Gasteiger partial charge in [-0.05, 0) is 86.8 Å². The van der Waals surface area contributed by atoms with Crippen molar-refractivity contribution < 1.29 is 14.3 Å². The van der Waals surface area contributed by atoms with Gasteiger partial charge in [0.2, 0.25) is 5.91 Å². The van der Waals surface area contributed by atoms with Gasteiger partial charge in [0.05, 0.1) is 7.11 Å². The number of carbonyl (C=O) groups is 2. The molecule has 1 aromatic carbocycles. The van der Waals surface area contributed by atoms with E-state index in [0.717, 1.165) is 56.6 Å². The van der Waals surface area contributed by atoms with Gasteiger partial charge in [0.25, 0.3) is 5.91 Å². The van der Waals surface area contributed by atoms with Crippen molar-refractivity contribution in [2.75, 3.05) is 18.6 Å². The molecule has 5 aliphatic rings. The Morgan fingerprint density at radius 3 is 2.61 bits per heavy atom. The first kappa shape index (κ1) is 23.4. The molecule has 2 unspecified atom stereocenters. The number of ether oxygens (including phenoxy) is 1. The summed E-state index contributed by atoms with van der Waals surface area (Å²) in [6, 6.07) is 10.8. The summed E-state index contributed by atoms with van der Waals surface area (Å²) in [6.07, 6.45) is 7.97. The molecule has 2 amide bonds. The van der Waals surface area contributed by atoms with Gasteiger partial charge in [-0.1, -0.05) is 12.1 Å². The highest BCUT2D eigenvalue weighted by molar-refractivity contribution is 5.93. The normalized spacial score (nSPS) is 30.3. The minimum absolute atomic E-state index is 0.106. The van der Waals surface area contributed by atoms with Gasteiger partial charge in [0.1, 0.15) is 11.6 Å². The predicted molar refractivity (Wildman–Crippen MR) is 137 cm³/mol.